The Labute approximate surface area is 585 Å². The summed E-state index contributed by atoms with van der Waals surface area (Å²) in [7, 11) is 9.96. The van der Waals surface area contributed by atoms with E-state index in [4.69, 9.17) is 0 Å². The van der Waals surface area contributed by atoms with Gasteiger partial charge in [-0.05, 0) is 135 Å². The quantitative estimate of drug-likeness (QED) is 0.0687. The van der Waals surface area contributed by atoms with Crippen LogP contribution >= 0.6 is 11.8 Å². The normalized spacial score (nSPS) is 27.1. The highest BCUT2D eigenvalue weighted by Crippen LogP contribution is 2.27. The molecule has 25 nitrogen and oxygen atoms in total. The van der Waals surface area contributed by atoms with Gasteiger partial charge in [0.15, 0.2) is 0 Å². The summed E-state index contributed by atoms with van der Waals surface area (Å²) in [4.78, 5) is 176. The van der Waals surface area contributed by atoms with E-state index in [0.29, 0.717) is 25.1 Å². The van der Waals surface area contributed by atoms with Crippen molar-refractivity contribution < 1.29 is 63.0 Å². The van der Waals surface area contributed by atoms with Crippen molar-refractivity contribution in [1.82, 2.24) is 60.5 Å². The molecule has 2 saturated heterocycles. The van der Waals surface area contributed by atoms with E-state index in [9.17, 15) is 29.4 Å². The fourth-order valence-electron chi connectivity index (χ4n) is 12.7. The second kappa shape index (κ2) is 40.4. The fraction of sp³-hybridized carbons (Fsp3) is 0.817. The summed E-state index contributed by atoms with van der Waals surface area (Å²) < 4.78 is 0. The van der Waals surface area contributed by atoms with E-state index in [1.165, 1.54) is 113 Å². The molecule has 0 radical (unpaired) electrons. The molecule has 2 aliphatic heterocycles. The molecule has 11 amide bonds. The van der Waals surface area contributed by atoms with Crippen molar-refractivity contribution >= 4 is 76.7 Å². The predicted molar refractivity (Wildman–Crippen MR) is 381 cm³/mol. The van der Waals surface area contributed by atoms with Crippen molar-refractivity contribution in [3.63, 3.8) is 0 Å². The Hall–Kier alpha value is -5.86. The minimum absolute atomic E-state index is 0.0183. The number of likely N-dealkylation sites (N-methyl/N-ethyl adjacent to an activating group) is 7. The SMILES string of the molecule is C/C=C/C[C@@H](C)[C@@H](O)[C@H]1C(=O)N[C@@H](CC)C(=O)N(C)[C@H](CSCCN2CCCCC2)C(=O)N(C)[C@@H](CC(C)(C)O)C(=O)N[C@H](C(C)C)C(=O)N(C)[C@H](CCC(C)C)C(=O)N[C@H](C)C(=O)N[C@@H](C)C(=O)N(C)[C@@H](CC(C)C)C(=O)N(C)[C@@H](CC(C)C)C(=O)N(C)[C@@H](C(C)C)C(=O)N1C. The monoisotopic (exact) mass is 1390 g/mol. The Kier molecular flexibility index (Phi) is 36.3. The minimum atomic E-state index is -1.65. The molecule has 2 fully saturated rings. The van der Waals surface area contributed by atoms with Crippen LogP contribution in [0.5, 0.6) is 0 Å². The van der Waals surface area contributed by atoms with Crippen LogP contribution in [-0.2, 0) is 52.7 Å². The number of hydrogen-bond acceptors (Lipinski definition) is 15. The van der Waals surface area contributed by atoms with Gasteiger partial charge in [0.25, 0.3) is 0 Å². The Bertz CT molecular complexity index is 2650. The van der Waals surface area contributed by atoms with Gasteiger partial charge in [-0.2, -0.15) is 11.8 Å². The molecule has 0 aliphatic carbocycles. The molecule has 0 spiro atoms. The zero-order valence-electron chi connectivity index (χ0n) is 63.5. The highest BCUT2D eigenvalue weighted by molar-refractivity contribution is 7.99. The van der Waals surface area contributed by atoms with Gasteiger partial charge in [-0.25, -0.2) is 0 Å². The van der Waals surface area contributed by atoms with Gasteiger partial charge in [0.05, 0.1) is 11.7 Å². The van der Waals surface area contributed by atoms with Crippen LogP contribution in [-0.4, -0.2) is 273 Å². The molecule has 2 aliphatic rings. The lowest BCUT2D eigenvalue weighted by atomic mass is 9.91. The van der Waals surface area contributed by atoms with Gasteiger partial charge in [0.1, 0.15) is 66.5 Å². The second-order valence-electron chi connectivity index (χ2n) is 30.0. The molecule has 0 saturated carbocycles. The predicted octanol–water partition coefficient (Wildman–Crippen LogP) is 4.36. The average molecular weight is 1390 g/mol. The third-order valence-corrected chi connectivity index (χ3v) is 20.0. The molecule has 0 aromatic heterocycles. The summed E-state index contributed by atoms with van der Waals surface area (Å²) in [6.45, 7) is 31.8. The van der Waals surface area contributed by atoms with Crippen molar-refractivity contribution in [3.8, 4) is 0 Å². The van der Waals surface area contributed by atoms with Crippen LogP contribution in [0.3, 0.4) is 0 Å². The first kappa shape index (κ1) is 87.2. The Morgan fingerprint density at radius 1 is 0.526 bits per heavy atom. The number of hydrogen-bond donors (Lipinski definition) is 6. The van der Waals surface area contributed by atoms with Gasteiger partial charge < -0.3 is 70.7 Å². The molecule has 26 heteroatoms. The summed E-state index contributed by atoms with van der Waals surface area (Å²) >= 11 is 1.43. The first-order valence-electron chi connectivity index (χ1n) is 35.4. The zero-order valence-corrected chi connectivity index (χ0v) is 64.3. The molecule has 6 N–H and O–H groups in total. The number of nitrogens with one attached hydrogen (secondary N) is 4. The van der Waals surface area contributed by atoms with E-state index in [2.05, 4.69) is 26.2 Å². The van der Waals surface area contributed by atoms with Crippen molar-refractivity contribution in [1.29, 1.82) is 0 Å². The number of rotatable bonds is 21. The van der Waals surface area contributed by atoms with Gasteiger partial charge in [-0.3, -0.25) is 52.7 Å². The lowest BCUT2D eigenvalue weighted by Gasteiger charge is -2.41. The van der Waals surface area contributed by atoms with Crippen LogP contribution in [0.4, 0.5) is 0 Å². The van der Waals surface area contributed by atoms with Gasteiger partial charge in [-0.15, -0.1) is 0 Å². The summed E-state index contributed by atoms with van der Waals surface area (Å²) in [6, 6.07) is -14.3. The van der Waals surface area contributed by atoms with E-state index in [1.54, 1.807) is 54.5 Å². The van der Waals surface area contributed by atoms with Crippen molar-refractivity contribution in [2.24, 2.45) is 35.5 Å². The topological polar surface area (TPSA) is 302 Å². The van der Waals surface area contributed by atoms with Crippen molar-refractivity contribution in [2.45, 2.75) is 260 Å². The number of carbonyl (C=O) groups excluding carboxylic acids is 11. The van der Waals surface area contributed by atoms with E-state index in [0.717, 1.165) is 42.2 Å². The summed E-state index contributed by atoms with van der Waals surface area (Å²) in [6.07, 6.45) is 6.15. The third-order valence-electron chi connectivity index (χ3n) is 19.0. The van der Waals surface area contributed by atoms with Gasteiger partial charge in [-0.1, -0.05) is 102 Å². The largest absolute Gasteiger partial charge is 0.390 e. The maximum atomic E-state index is 15.5. The van der Waals surface area contributed by atoms with E-state index in [1.807, 2.05) is 47.6 Å². The van der Waals surface area contributed by atoms with Gasteiger partial charge >= 0.3 is 0 Å². The Morgan fingerprint density at radius 2 is 1.00 bits per heavy atom. The second-order valence-corrected chi connectivity index (χ2v) is 31.2. The first-order chi connectivity index (χ1) is 45.0. The number of thioether (sulfide) groups is 1. The van der Waals surface area contributed by atoms with Crippen molar-refractivity contribution in [2.75, 3.05) is 80.5 Å². The van der Waals surface area contributed by atoms with E-state index >= 15 is 33.6 Å². The summed E-state index contributed by atoms with van der Waals surface area (Å²) in [5.41, 5.74) is -1.58. The third kappa shape index (κ3) is 25.7. The molecule has 0 bridgehead atoms. The standard InChI is InChI=1S/C71H128N12O13S/c1-25-27-31-47(13)59(84)58-63(88)74-50(26-2)65(90)80(22)55(41-97-37-36-83-34-29-28-30-35-83)68(93)79(21)54(40-71(16,17)96)62(87)75-56(45(9)10)69(94)76(18)51(33-32-42(3)4)61(86)72-48(14)60(85)73-49(15)64(89)77(19)52(38-43(5)6)66(91)78(20)53(39-44(7)8)67(92)81(23)57(46(11)12)70(95)82(58)24/h25,27,42-59,84,96H,26,28-41H2,1-24H3,(H,72,86)(H,73,85)(H,74,88)(H,75,87)/b27-25+/t47-,48-,49+,50+,51-,52+,53+,54+,55-,56-,57+,58+,59-/m1/s1. The maximum absolute atomic E-state index is 15.5. The molecular formula is C71H128N12O13S. The van der Waals surface area contributed by atoms with Crippen LogP contribution in [0.15, 0.2) is 12.2 Å². The Morgan fingerprint density at radius 3 is 1.49 bits per heavy atom. The summed E-state index contributed by atoms with van der Waals surface area (Å²) in [5.74, 6) is -9.28. The number of likely N-dealkylation sites (tertiary alicyclic amines) is 1. The number of aliphatic hydroxyl groups is 2. The molecule has 97 heavy (non-hydrogen) atoms. The zero-order chi connectivity index (χ0) is 74.4. The number of aliphatic hydroxyl groups excluding tert-OH is 1. The lowest BCUT2D eigenvalue weighted by molar-refractivity contribution is -0.157. The first-order valence-corrected chi connectivity index (χ1v) is 36.5. The highest BCUT2D eigenvalue weighted by Gasteiger charge is 2.47. The average Bonchev–Trinajstić information content (AvgIpc) is 0.811. The van der Waals surface area contributed by atoms with Crippen LogP contribution < -0.4 is 21.3 Å². The van der Waals surface area contributed by atoms with E-state index in [-0.39, 0.29) is 55.6 Å². The molecule has 0 unspecified atom stereocenters. The van der Waals surface area contributed by atoms with Gasteiger partial charge in [0.2, 0.25) is 65.0 Å². The molecule has 2 heterocycles. The molecule has 2 rings (SSSR count). The molecule has 556 valence electrons. The van der Waals surface area contributed by atoms with Crippen LogP contribution in [0.2, 0.25) is 0 Å². The molecule has 13 atom stereocenters. The van der Waals surface area contributed by atoms with Crippen molar-refractivity contribution in [3.05, 3.63) is 12.2 Å². The molecular weight excluding hydrogens is 1260 g/mol. The number of carbonyl (C=O) groups is 11. The number of piperidine rings is 1. The maximum Gasteiger partial charge on any atom is 0.246 e. The fourth-order valence-corrected chi connectivity index (χ4v) is 13.8. The Balaban J connectivity index is 3.13. The lowest BCUT2D eigenvalue weighted by Crippen LogP contribution is -2.64. The number of allylic oxidation sites excluding steroid dienone is 2. The highest BCUT2D eigenvalue weighted by atomic mass is 32.2. The molecule has 0 aromatic carbocycles. The smallest absolute Gasteiger partial charge is 0.246 e. The minimum Gasteiger partial charge on any atom is -0.390 e. The van der Waals surface area contributed by atoms with Crippen LogP contribution in [0, 0.1) is 35.5 Å². The van der Waals surface area contributed by atoms with E-state index < -0.39 is 161 Å². The molecule has 0 aromatic rings. The van der Waals surface area contributed by atoms with Crippen LogP contribution in [0.1, 0.15) is 182 Å². The summed E-state index contributed by atoms with van der Waals surface area (Å²) in [5, 5.41) is 34.9. The van der Waals surface area contributed by atoms with Crippen LogP contribution in [0.25, 0.3) is 0 Å². The number of nitrogens with zero attached hydrogens (tertiary/aromatic N) is 8. The van der Waals surface area contributed by atoms with Gasteiger partial charge in [0, 0.05) is 73.8 Å². The number of amides is 11.